The van der Waals surface area contributed by atoms with Gasteiger partial charge in [0.1, 0.15) is 12.4 Å². The summed E-state index contributed by atoms with van der Waals surface area (Å²) in [5.74, 6) is 0.972. The van der Waals surface area contributed by atoms with E-state index in [0.29, 0.717) is 6.61 Å². The van der Waals surface area contributed by atoms with Gasteiger partial charge in [-0.15, -0.1) is 0 Å². The van der Waals surface area contributed by atoms with Gasteiger partial charge in [-0.2, -0.15) is 0 Å². The van der Waals surface area contributed by atoms with E-state index in [9.17, 15) is 0 Å². The molecule has 0 aliphatic rings. The zero-order valence-corrected chi connectivity index (χ0v) is 12.6. The molecule has 2 aromatic rings. The predicted molar refractivity (Wildman–Crippen MR) is 84.1 cm³/mol. The SMILES string of the molecule is CCNCc1cc(C)ccc1OCc1ccccc1C. The smallest absolute Gasteiger partial charge is 0.124 e. The lowest BCUT2D eigenvalue weighted by atomic mass is 10.1. The lowest BCUT2D eigenvalue weighted by Crippen LogP contribution is -2.13. The Kier molecular flexibility index (Phi) is 5.19. The van der Waals surface area contributed by atoms with Crippen LogP contribution >= 0.6 is 0 Å². The van der Waals surface area contributed by atoms with E-state index in [2.05, 4.69) is 68.6 Å². The summed E-state index contributed by atoms with van der Waals surface area (Å²) in [6.45, 7) is 8.78. The van der Waals surface area contributed by atoms with Gasteiger partial charge in [0.25, 0.3) is 0 Å². The highest BCUT2D eigenvalue weighted by Crippen LogP contribution is 2.21. The minimum atomic E-state index is 0.620. The average molecular weight is 269 g/mol. The van der Waals surface area contributed by atoms with Crippen LogP contribution in [-0.4, -0.2) is 6.54 Å². The monoisotopic (exact) mass is 269 g/mol. The Morgan fingerprint density at radius 2 is 1.80 bits per heavy atom. The fourth-order valence-corrected chi connectivity index (χ4v) is 2.17. The first-order valence-corrected chi connectivity index (χ1v) is 7.18. The Balaban J connectivity index is 2.10. The minimum absolute atomic E-state index is 0.620. The first-order valence-electron chi connectivity index (χ1n) is 7.18. The maximum Gasteiger partial charge on any atom is 0.124 e. The highest BCUT2D eigenvalue weighted by molar-refractivity contribution is 5.37. The van der Waals surface area contributed by atoms with Crippen molar-refractivity contribution in [3.8, 4) is 5.75 Å². The summed E-state index contributed by atoms with van der Waals surface area (Å²) in [4.78, 5) is 0. The molecule has 0 unspecified atom stereocenters. The van der Waals surface area contributed by atoms with Crippen LogP contribution in [0.15, 0.2) is 42.5 Å². The second kappa shape index (κ2) is 7.11. The molecular formula is C18H23NO. The molecule has 2 aromatic carbocycles. The summed E-state index contributed by atoms with van der Waals surface area (Å²) in [7, 11) is 0. The molecule has 2 rings (SSSR count). The third kappa shape index (κ3) is 3.84. The molecule has 106 valence electrons. The Labute approximate surface area is 121 Å². The van der Waals surface area contributed by atoms with Crippen LogP contribution in [0, 0.1) is 13.8 Å². The van der Waals surface area contributed by atoms with Crippen molar-refractivity contribution >= 4 is 0 Å². The van der Waals surface area contributed by atoms with Crippen molar-refractivity contribution in [1.82, 2.24) is 5.32 Å². The summed E-state index contributed by atoms with van der Waals surface area (Å²) in [5.41, 5.74) is 5.00. The van der Waals surface area contributed by atoms with Crippen molar-refractivity contribution in [2.45, 2.75) is 33.9 Å². The third-order valence-electron chi connectivity index (χ3n) is 3.43. The summed E-state index contributed by atoms with van der Waals surface area (Å²) in [6, 6.07) is 14.7. The van der Waals surface area contributed by atoms with Gasteiger partial charge in [0.05, 0.1) is 0 Å². The van der Waals surface area contributed by atoms with Gasteiger partial charge in [-0.25, -0.2) is 0 Å². The average Bonchev–Trinajstić information content (AvgIpc) is 2.45. The molecule has 0 aliphatic heterocycles. The van der Waals surface area contributed by atoms with Gasteiger partial charge in [0.15, 0.2) is 0 Å². The number of aryl methyl sites for hydroxylation is 2. The fraction of sp³-hybridized carbons (Fsp3) is 0.333. The van der Waals surface area contributed by atoms with Gasteiger partial charge in [0, 0.05) is 12.1 Å². The molecule has 2 heteroatoms. The zero-order valence-electron chi connectivity index (χ0n) is 12.6. The number of nitrogens with one attached hydrogen (secondary N) is 1. The number of benzene rings is 2. The quantitative estimate of drug-likeness (QED) is 0.856. The topological polar surface area (TPSA) is 21.3 Å². The normalized spacial score (nSPS) is 10.6. The summed E-state index contributed by atoms with van der Waals surface area (Å²) in [6.07, 6.45) is 0. The Hall–Kier alpha value is -1.80. The van der Waals surface area contributed by atoms with Crippen LogP contribution in [0.2, 0.25) is 0 Å². The Morgan fingerprint density at radius 3 is 2.55 bits per heavy atom. The van der Waals surface area contributed by atoms with Gasteiger partial charge >= 0.3 is 0 Å². The number of hydrogen-bond donors (Lipinski definition) is 1. The second-order valence-electron chi connectivity index (χ2n) is 5.11. The van der Waals surface area contributed by atoms with Crippen LogP contribution in [0.5, 0.6) is 5.75 Å². The van der Waals surface area contributed by atoms with Gasteiger partial charge in [-0.05, 0) is 37.6 Å². The van der Waals surface area contributed by atoms with Gasteiger partial charge in [-0.3, -0.25) is 0 Å². The fourth-order valence-electron chi connectivity index (χ4n) is 2.17. The molecule has 0 heterocycles. The van der Waals surface area contributed by atoms with Crippen molar-refractivity contribution < 1.29 is 4.74 Å². The first kappa shape index (κ1) is 14.6. The van der Waals surface area contributed by atoms with Crippen molar-refractivity contribution in [1.29, 1.82) is 0 Å². The van der Waals surface area contributed by atoms with E-state index < -0.39 is 0 Å². The molecule has 1 N–H and O–H groups in total. The summed E-state index contributed by atoms with van der Waals surface area (Å²) < 4.78 is 6.02. The zero-order chi connectivity index (χ0) is 14.4. The molecule has 0 bridgehead atoms. The molecule has 0 fully saturated rings. The third-order valence-corrected chi connectivity index (χ3v) is 3.43. The van der Waals surface area contributed by atoms with E-state index >= 15 is 0 Å². The molecular weight excluding hydrogens is 246 g/mol. The van der Waals surface area contributed by atoms with Crippen molar-refractivity contribution in [2.24, 2.45) is 0 Å². The van der Waals surface area contributed by atoms with Gasteiger partial charge in [0.2, 0.25) is 0 Å². The molecule has 0 aromatic heterocycles. The number of hydrogen-bond acceptors (Lipinski definition) is 2. The van der Waals surface area contributed by atoms with Crippen LogP contribution in [-0.2, 0) is 13.2 Å². The molecule has 0 radical (unpaired) electrons. The largest absolute Gasteiger partial charge is 0.489 e. The molecule has 0 aliphatic carbocycles. The standard InChI is InChI=1S/C18H23NO/c1-4-19-12-17-11-14(2)9-10-18(17)20-13-16-8-6-5-7-15(16)3/h5-11,19H,4,12-13H2,1-3H3. The van der Waals surface area contributed by atoms with E-state index in [1.54, 1.807) is 0 Å². The first-order chi connectivity index (χ1) is 9.70. The molecule has 0 saturated heterocycles. The Morgan fingerprint density at radius 1 is 1.00 bits per heavy atom. The summed E-state index contributed by atoms with van der Waals surface area (Å²) in [5, 5.41) is 3.36. The van der Waals surface area contributed by atoms with Crippen molar-refractivity contribution in [3.63, 3.8) is 0 Å². The van der Waals surface area contributed by atoms with E-state index in [4.69, 9.17) is 4.74 Å². The van der Waals surface area contributed by atoms with Crippen LogP contribution in [0.3, 0.4) is 0 Å². The van der Waals surface area contributed by atoms with Crippen molar-refractivity contribution in [2.75, 3.05) is 6.54 Å². The highest BCUT2D eigenvalue weighted by atomic mass is 16.5. The molecule has 2 nitrogen and oxygen atoms in total. The van der Waals surface area contributed by atoms with E-state index in [1.165, 1.54) is 22.3 Å². The minimum Gasteiger partial charge on any atom is -0.489 e. The van der Waals surface area contributed by atoms with E-state index in [-0.39, 0.29) is 0 Å². The Bertz CT molecular complexity index is 563. The van der Waals surface area contributed by atoms with E-state index in [1.807, 2.05) is 0 Å². The van der Waals surface area contributed by atoms with Crippen LogP contribution in [0.4, 0.5) is 0 Å². The maximum atomic E-state index is 6.02. The lowest BCUT2D eigenvalue weighted by molar-refractivity contribution is 0.301. The summed E-state index contributed by atoms with van der Waals surface area (Å²) >= 11 is 0. The predicted octanol–water partition coefficient (Wildman–Crippen LogP) is 3.99. The molecule has 0 spiro atoms. The molecule has 20 heavy (non-hydrogen) atoms. The molecule has 0 amide bonds. The number of ether oxygens (including phenoxy) is 1. The molecule has 0 saturated carbocycles. The van der Waals surface area contributed by atoms with Crippen LogP contribution in [0.1, 0.15) is 29.2 Å². The van der Waals surface area contributed by atoms with Crippen LogP contribution < -0.4 is 10.1 Å². The van der Waals surface area contributed by atoms with Crippen LogP contribution in [0.25, 0.3) is 0 Å². The second-order valence-corrected chi connectivity index (χ2v) is 5.11. The van der Waals surface area contributed by atoms with E-state index in [0.717, 1.165) is 18.8 Å². The number of rotatable bonds is 6. The van der Waals surface area contributed by atoms with Crippen molar-refractivity contribution in [3.05, 3.63) is 64.7 Å². The van der Waals surface area contributed by atoms with Gasteiger partial charge in [-0.1, -0.05) is 48.9 Å². The maximum absolute atomic E-state index is 6.02. The highest BCUT2D eigenvalue weighted by Gasteiger charge is 2.05. The lowest BCUT2D eigenvalue weighted by Gasteiger charge is -2.14. The molecule has 0 atom stereocenters. The van der Waals surface area contributed by atoms with Gasteiger partial charge < -0.3 is 10.1 Å².